The lowest BCUT2D eigenvalue weighted by Crippen LogP contribution is -2.46. The summed E-state index contributed by atoms with van der Waals surface area (Å²) < 4.78 is 5.17. The van der Waals surface area contributed by atoms with Gasteiger partial charge < -0.3 is 10.1 Å². The molecule has 1 saturated carbocycles. The second-order valence-electron chi connectivity index (χ2n) is 7.01. The van der Waals surface area contributed by atoms with E-state index in [9.17, 15) is 14.9 Å². The summed E-state index contributed by atoms with van der Waals surface area (Å²) >= 11 is 1.25. The number of nitriles is 1. The van der Waals surface area contributed by atoms with Gasteiger partial charge in [-0.1, -0.05) is 31.2 Å². The zero-order valence-electron chi connectivity index (χ0n) is 16.1. The van der Waals surface area contributed by atoms with Crippen LogP contribution in [0, 0.1) is 18.3 Å². The molecule has 1 aliphatic carbocycles. The topological polar surface area (TPSA) is 92.1 Å². The lowest BCUT2D eigenvalue weighted by Gasteiger charge is -2.21. The molecule has 0 unspecified atom stereocenters. The molecule has 1 amide bonds. The molecule has 2 aromatic rings. The Morgan fingerprint density at radius 3 is 2.57 bits per heavy atom. The normalized spacial score (nSPS) is 15.0. The number of benzene rings is 1. The van der Waals surface area contributed by atoms with E-state index in [-0.39, 0.29) is 0 Å². The van der Waals surface area contributed by atoms with Gasteiger partial charge in [0.1, 0.15) is 15.4 Å². The quantitative estimate of drug-likeness (QED) is 0.749. The molecule has 1 N–H and O–H groups in total. The standard InChI is InChI=1S/C21H23N3O3S/c1-3-15-6-8-16(9-7-15)19-23-14(2)18(28-19)20(26)27-12-17(25)24-21(13-22)10-4-5-11-21/h6-9H,3-5,10-12H2,1-2H3,(H,24,25). The van der Waals surface area contributed by atoms with Gasteiger partial charge in [0.15, 0.2) is 6.61 Å². The van der Waals surface area contributed by atoms with Gasteiger partial charge in [-0.25, -0.2) is 9.78 Å². The summed E-state index contributed by atoms with van der Waals surface area (Å²) in [4.78, 5) is 29.4. The number of thiazole rings is 1. The van der Waals surface area contributed by atoms with Crippen molar-refractivity contribution in [3.8, 4) is 16.6 Å². The zero-order chi connectivity index (χ0) is 20.1. The summed E-state index contributed by atoms with van der Waals surface area (Å²) in [5.74, 6) is -1.02. The molecule has 1 heterocycles. The van der Waals surface area contributed by atoms with Crippen LogP contribution in [0.1, 0.15) is 53.5 Å². The Morgan fingerprint density at radius 1 is 1.29 bits per heavy atom. The highest BCUT2D eigenvalue weighted by atomic mass is 32.1. The fourth-order valence-electron chi connectivity index (χ4n) is 3.34. The fraction of sp³-hybridized carbons (Fsp3) is 0.429. The second-order valence-corrected chi connectivity index (χ2v) is 8.01. The van der Waals surface area contributed by atoms with E-state index in [1.807, 2.05) is 24.3 Å². The highest BCUT2D eigenvalue weighted by Gasteiger charge is 2.35. The monoisotopic (exact) mass is 397 g/mol. The third-order valence-corrected chi connectivity index (χ3v) is 6.16. The predicted octanol–water partition coefficient (Wildman–Crippen LogP) is 3.79. The van der Waals surface area contributed by atoms with Crippen LogP contribution in [0.25, 0.3) is 10.6 Å². The van der Waals surface area contributed by atoms with E-state index >= 15 is 0 Å². The van der Waals surface area contributed by atoms with Crippen molar-refractivity contribution in [1.82, 2.24) is 10.3 Å². The summed E-state index contributed by atoms with van der Waals surface area (Å²) in [5, 5.41) is 12.8. The van der Waals surface area contributed by atoms with Crippen molar-refractivity contribution >= 4 is 23.2 Å². The molecule has 28 heavy (non-hydrogen) atoms. The number of nitrogens with zero attached hydrogens (tertiary/aromatic N) is 2. The van der Waals surface area contributed by atoms with Crippen molar-refractivity contribution in [3.05, 3.63) is 40.4 Å². The zero-order valence-corrected chi connectivity index (χ0v) is 16.9. The maximum atomic E-state index is 12.4. The largest absolute Gasteiger partial charge is 0.451 e. The summed E-state index contributed by atoms with van der Waals surface area (Å²) in [6.45, 7) is 3.44. The third kappa shape index (κ3) is 4.39. The highest BCUT2D eigenvalue weighted by Crippen LogP contribution is 2.30. The van der Waals surface area contributed by atoms with Crippen LogP contribution >= 0.6 is 11.3 Å². The van der Waals surface area contributed by atoms with E-state index in [0.717, 1.165) is 29.8 Å². The highest BCUT2D eigenvalue weighted by molar-refractivity contribution is 7.17. The minimum Gasteiger partial charge on any atom is -0.451 e. The molecule has 0 saturated heterocycles. The van der Waals surface area contributed by atoms with Gasteiger partial charge in [-0.2, -0.15) is 5.26 Å². The number of esters is 1. The van der Waals surface area contributed by atoms with Crippen LogP contribution in [0.15, 0.2) is 24.3 Å². The van der Waals surface area contributed by atoms with Gasteiger partial charge in [0.25, 0.3) is 5.91 Å². The average Bonchev–Trinajstić information content (AvgIpc) is 3.33. The Hall–Kier alpha value is -2.72. The van der Waals surface area contributed by atoms with Gasteiger partial charge >= 0.3 is 5.97 Å². The smallest absolute Gasteiger partial charge is 0.350 e. The fourth-order valence-corrected chi connectivity index (χ4v) is 4.30. The third-order valence-electron chi connectivity index (χ3n) is 4.98. The number of ether oxygens (including phenoxy) is 1. The Kier molecular flexibility index (Phi) is 6.10. The predicted molar refractivity (Wildman–Crippen MR) is 107 cm³/mol. The van der Waals surface area contributed by atoms with Gasteiger partial charge in [-0.05, 0) is 44.6 Å². The second kappa shape index (κ2) is 8.53. The number of carbonyl (C=O) groups excluding carboxylic acids is 2. The van der Waals surface area contributed by atoms with E-state index in [1.165, 1.54) is 16.9 Å². The van der Waals surface area contributed by atoms with Crippen molar-refractivity contribution in [2.75, 3.05) is 6.61 Å². The maximum Gasteiger partial charge on any atom is 0.350 e. The van der Waals surface area contributed by atoms with Gasteiger partial charge in [0.05, 0.1) is 11.8 Å². The lowest BCUT2D eigenvalue weighted by molar-refractivity contribution is -0.125. The summed E-state index contributed by atoms with van der Waals surface area (Å²) in [7, 11) is 0. The van der Waals surface area contributed by atoms with Gasteiger partial charge in [-0.15, -0.1) is 11.3 Å². The van der Waals surface area contributed by atoms with Crippen molar-refractivity contribution in [3.63, 3.8) is 0 Å². The van der Waals surface area contributed by atoms with E-state index in [0.29, 0.717) is 23.4 Å². The van der Waals surface area contributed by atoms with Crippen LogP contribution in [0.2, 0.25) is 0 Å². The van der Waals surface area contributed by atoms with Crippen molar-refractivity contribution in [1.29, 1.82) is 5.26 Å². The van der Waals surface area contributed by atoms with Crippen molar-refractivity contribution < 1.29 is 14.3 Å². The molecular formula is C21H23N3O3S. The first-order valence-electron chi connectivity index (χ1n) is 9.42. The van der Waals surface area contributed by atoms with Crippen LogP contribution in [-0.2, 0) is 16.0 Å². The number of hydrogen-bond donors (Lipinski definition) is 1. The number of aromatic nitrogens is 1. The number of hydrogen-bond acceptors (Lipinski definition) is 6. The summed E-state index contributed by atoms with van der Waals surface area (Å²) in [5.41, 5.74) is 1.94. The number of nitrogens with one attached hydrogen (secondary N) is 1. The molecule has 1 aromatic heterocycles. The van der Waals surface area contributed by atoms with Crippen molar-refractivity contribution in [2.45, 2.75) is 51.5 Å². The SMILES string of the molecule is CCc1ccc(-c2nc(C)c(C(=O)OCC(=O)NC3(C#N)CCCC3)s2)cc1. The first-order chi connectivity index (χ1) is 13.5. The minimum absolute atomic E-state index is 0.387. The Labute approximate surface area is 168 Å². The number of carbonyl (C=O) groups is 2. The molecule has 146 valence electrons. The van der Waals surface area contributed by atoms with Crippen LogP contribution in [-0.4, -0.2) is 29.0 Å². The van der Waals surface area contributed by atoms with Gasteiger partial charge in [0, 0.05) is 5.56 Å². The summed E-state index contributed by atoms with van der Waals surface area (Å²) in [6, 6.07) is 10.3. The Morgan fingerprint density at radius 2 is 1.96 bits per heavy atom. The van der Waals surface area contributed by atoms with Crippen LogP contribution < -0.4 is 5.32 Å². The van der Waals surface area contributed by atoms with E-state index < -0.39 is 24.0 Å². The van der Waals surface area contributed by atoms with Gasteiger partial charge in [-0.3, -0.25) is 4.79 Å². The molecule has 0 atom stereocenters. The number of rotatable bonds is 6. The molecule has 0 radical (unpaired) electrons. The summed E-state index contributed by atoms with van der Waals surface area (Å²) in [6.07, 6.45) is 4.06. The van der Waals surface area contributed by atoms with E-state index in [1.54, 1.807) is 6.92 Å². The maximum absolute atomic E-state index is 12.4. The molecule has 1 aromatic carbocycles. The molecule has 6 nitrogen and oxygen atoms in total. The lowest BCUT2D eigenvalue weighted by atomic mass is 10.00. The first-order valence-corrected chi connectivity index (χ1v) is 10.2. The average molecular weight is 398 g/mol. The van der Waals surface area contributed by atoms with E-state index in [4.69, 9.17) is 4.74 Å². The van der Waals surface area contributed by atoms with E-state index in [2.05, 4.69) is 23.3 Å². The molecule has 1 aliphatic rings. The molecule has 0 aliphatic heterocycles. The molecule has 1 fully saturated rings. The first kappa shape index (κ1) is 20.0. The van der Waals surface area contributed by atoms with Crippen LogP contribution in [0.5, 0.6) is 0 Å². The molecule has 0 bridgehead atoms. The van der Waals surface area contributed by atoms with Crippen LogP contribution in [0.4, 0.5) is 0 Å². The molecule has 3 rings (SSSR count). The minimum atomic E-state index is -0.818. The van der Waals surface area contributed by atoms with Crippen LogP contribution in [0.3, 0.4) is 0 Å². The number of amides is 1. The van der Waals surface area contributed by atoms with Crippen molar-refractivity contribution in [2.24, 2.45) is 0 Å². The van der Waals surface area contributed by atoms with Gasteiger partial charge in [0.2, 0.25) is 0 Å². The number of aryl methyl sites for hydroxylation is 2. The molecule has 0 spiro atoms. The molecular weight excluding hydrogens is 374 g/mol. The molecule has 7 heteroatoms. The Bertz CT molecular complexity index is 906. The Balaban J connectivity index is 1.62.